The quantitative estimate of drug-likeness (QED) is 0.822. The van der Waals surface area contributed by atoms with Crippen molar-refractivity contribution in [2.75, 3.05) is 19.0 Å². The predicted octanol–water partition coefficient (Wildman–Crippen LogP) is 3.45. The Morgan fingerprint density at radius 1 is 1.22 bits per heavy atom. The highest BCUT2D eigenvalue weighted by atomic mass is 35.5. The lowest BCUT2D eigenvalue weighted by Gasteiger charge is -2.23. The van der Waals surface area contributed by atoms with Crippen LogP contribution in [0.1, 0.15) is 18.4 Å². The number of halogens is 1. The number of amides is 1. The molecule has 0 saturated carbocycles. The van der Waals surface area contributed by atoms with E-state index in [4.69, 9.17) is 16.3 Å². The molecule has 0 radical (unpaired) electrons. The number of rotatable bonds is 5. The summed E-state index contributed by atoms with van der Waals surface area (Å²) >= 11 is 6.10. The van der Waals surface area contributed by atoms with Crippen LogP contribution in [-0.2, 0) is 14.8 Å². The molecule has 0 bridgehead atoms. The Morgan fingerprint density at radius 2 is 1.93 bits per heavy atom. The van der Waals surface area contributed by atoms with E-state index in [1.54, 1.807) is 30.3 Å². The van der Waals surface area contributed by atoms with Gasteiger partial charge in [-0.1, -0.05) is 17.7 Å². The largest absolute Gasteiger partial charge is 0.497 e. The van der Waals surface area contributed by atoms with Gasteiger partial charge >= 0.3 is 0 Å². The summed E-state index contributed by atoms with van der Waals surface area (Å²) in [4.78, 5) is 12.9. The highest BCUT2D eigenvalue weighted by Gasteiger charge is 2.39. The number of sulfonamides is 1. The van der Waals surface area contributed by atoms with Gasteiger partial charge in [0, 0.05) is 17.3 Å². The number of ether oxygens (including phenoxy) is 1. The molecule has 144 valence electrons. The number of hydrogen-bond acceptors (Lipinski definition) is 4. The first-order valence-electron chi connectivity index (χ1n) is 8.56. The number of carbonyl (C=O) groups is 1. The van der Waals surface area contributed by atoms with Crippen LogP contribution in [0.3, 0.4) is 0 Å². The van der Waals surface area contributed by atoms with Gasteiger partial charge in [0.2, 0.25) is 15.9 Å². The van der Waals surface area contributed by atoms with Crippen molar-refractivity contribution in [1.82, 2.24) is 4.31 Å². The Bertz CT molecular complexity index is 945. The monoisotopic (exact) mass is 408 g/mol. The summed E-state index contributed by atoms with van der Waals surface area (Å²) in [5.41, 5.74) is 1.45. The molecule has 0 aliphatic carbocycles. The van der Waals surface area contributed by atoms with E-state index < -0.39 is 16.1 Å². The fourth-order valence-electron chi connectivity index (χ4n) is 3.07. The van der Waals surface area contributed by atoms with Crippen LogP contribution in [0, 0.1) is 6.92 Å². The molecule has 1 amide bonds. The molecule has 2 aromatic rings. The molecule has 1 unspecified atom stereocenters. The molecule has 6 nitrogen and oxygen atoms in total. The van der Waals surface area contributed by atoms with E-state index in [1.165, 1.54) is 23.5 Å². The van der Waals surface area contributed by atoms with Gasteiger partial charge in [0.15, 0.2) is 0 Å². The molecule has 2 aromatic carbocycles. The summed E-state index contributed by atoms with van der Waals surface area (Å²) < 4.78 is 32.3. The second kappa shape index (κ2) is 7.88. The Morgan fingerprint density at radius 3 is 2.56 bits per heavy atom. The third-order valence-corrected chi connectivity index (χ3v) is 6.94. The average molecular weight is 409 g/mol. The number of nitrogens with one attached hydrogen (secondary N) is 1. The Balaban J connectivity index is 1.80. The molecule has 1 N–H and O–H groups in total. The van der Waals surface area contributed by atoms with Crippen LogP contribution in [-0.4, -0.2) is 38.3 Å². The maximum atomic E-state index is 13.0. The molecule has 8 heteroatoms. The van der Waals surface area contributed by atoms with Crippen molar-refractivity contribution in [3.8, 4) is 5.75 Å². The third kappa shape index (κ3) is 4.10. The molecule has 27 heavy (non-hydrogen) atoms. The van der Waals surface area contributed by atoms with Crippen molar-refractivity contribution in [2.45, 2.75) is 30.7 Å². The van der Waals surface area contributed by atoms with Crippen molar-refractivity contribution in [3.63, 3.8) is 0 Å². The third-order valence-electron chi connectivity index (χ3n) is 4.61. The van der Waals surface area contributed by atoms with Crippen LogP contribution in [0.25, 0.3) is 0 Å². The van der Waals surface area contributed by atoms with E-state index in [0.29, 0.717) is 35.8 Å². The van der Waals surface area contributed by atoms with E-state index in [2.05, 4.69) is 5.32 Å². The summed E-state index contributed by atoms with van der Waals surface area (Å²) in [7, 11) is -2.26. The van der Waals surface area contributed by atoms with Gasteiger partial charge in [-0.3, -0.25) is 4.79 Å². The first-order chi connectivity index (χ1) is 12.8. The van der Waals surface area contributed by atoms with Gasteiger partial charge in [-0.2, -0.15) is 4.31 Å². The maximum absolute atomic E-state index is 13.0. The van der Waals surface area contributed by atoms with Crippen LogP contribution in [0.2, 0.25) is 5.02 Å². The molecule has 1 fully saturated rings. The van der Waals surface area contributed by atoms with Crippen molar-refractivity contribution in [2.24, 2.45) is 0 Å². The molecular formula is C19H21ClN2O4S. The molecule has 1 atom stereocenters. The highest BCUT2D eigenvalue weighted by molar-refractivity contribution is 7.89. The summed E-state index contributed by atoms with van der Waals surface area (Å²) in [5.74, 6) is 0.213. The van der Waals surface area contributed by atoms with Crippen LogP contribution < -0.4 is 10.1 Å². The fourth-order valence-corrected chi connectivity index (χ4v) is 4.91. The number of anilines is 1. The number of benzene rings is 2. The second-order valence-corrected chi connectivity index (χ2v) is 8.70. The Labute approximate surface area is 164 Å². The summed E-state index contributed by atoms with van der Waals surface area (Å²) in [6.45, 7) is 2.18. The van der Waals surface area contributed by atoms with Crippen LogP contribution in [0.15, 0.2) is 47.4 Å². The number of nitrogens with zero attached hydrogens (tertiary/aromatic N) is 1. The Kier molecular flexibility index (Phi) is 5.74. The average Bonchev–Trinajstić information content (AvgIpc) is 3.16. The van der Waals surface area contributed by atoms with Gasteiger partial charge < -0.3 is 10.1 Å². The van der Waals surface area contributed by atoms with Crippen molar-refractivity contribution in [1.29, 1.82) is 0 Å². The minimum atomic E-state index is -3.77. The second-order valence-electron chi connectivity index (χ2n) is 6.40. The lowest BCUT2D eigenvalue weighted by molar-refractivity contribution is -0.119. The Hall–Kier alpha value is -2.09. The molecule has 1 aliphatic heterocycles. The number of methoxy groups -OCH3 is 1. The molecule has 1 saturated heterocycles. The maximum Gasteiger partial charge on any atom is 0.243 e. The SMILES string of the molecule is COc1ccc(S(=O)(=O)N2CCCC2C(=O)Nc2ccc(C)c(Cl)c2)cc1. The standard InChI is InChI=1S/C19H21ClN2O4S/c1-13-5-6-14(12-17(13)20)21-19(23)18-4-3-11-22(18)27(24,25)16-9-7-15(26-2)8-10-16/h5-10,12,18H,3-4,11H2,1-2H3,(H,21,23). The molecule has 0 spiro atoms. The summed E-state index contributed by atoms with van der Waals surface area (Å²) in [6.07, 6.45) is 1.10. The zero-order chi connectivity index (χ0) is 19.6. The number of hydrogen-bond donors (Lipinski definition) is 1. The van der Waals surface area contributed by atoms with E-state index in [1.807, 2.05) is 6.92 Å². The lowest BCUT2D eigenvalue weighted by atomic mass is 10.2. The fraction of sp³-hybridized carbons (Fsp3) is 0.316. The lowest BCUT2D eigenvalue weighted by Crippen LogP contribution is -2.43. The van der Waals surface area contributed by atoms with E-state index in [0.717, 1.165) is 5.56 Å². The molecule has 1 aliphatic rings. The van der Waals surface area contributed by atoms with Gasteiger partial charge in [0.25, 0.3) is 0 Å². The van der Waals surface area contributed by atoms with Crippen molar-refractivity contribution >= 4 is 33.2 Å². The van der Waals surface area contributed by atoms with Crippen LogP contribution in [0.4, 0.5) is 5.69 Å². The minimum Gasteiger partial charge on any atom is -0.497 e. The van der Waals surface area contributed by atoms with Crippen molar-refractivity contribution < 1.29 is 17.9 Å². The first kappa shape index (κ1) is 19.7. The van der Waals surface area contributed by atoms with E-state index in [-0.39, 0.29) is 10.8 Å². The predicted molar refractivity (Wildman–Crippen MR) is 105 cm³/mol. The van der Waals surface area contributed by atoms with Gasteiger partial charge in [-0.05, 0) is 61.7 Å². The van der Waals surface area contributed by atoms with Crippen LogP contribution >= 0.6 is 11.6 Å². The number of carbonyl (C=O) groups excluding carboxylic acids is 1. The molecule has 0 aromatic heterocycles. The summed E-state index contributed by atoms with van der Waals surface area (Å²) in [6, 6.07) is 10.6. The van der Waals surface area contributed by atoms with Gasteiger partial charge in [-0.25, -0.2) is 8.42 Å². The normalized spacial score (nSPS) is 17.7. The van der Waals surface area contributed by atoms with Gasteiger partial charge in [0.05, 0.1) is 12.0 Å². The first-order valence-corrected chi connectivity index (χ1v) is 10.4. The number of aryl methyl sites for hydroxylation is 1. The molecular weight excluding hydrogens is 388 g/mol. The zero-order valence-electron chi connectivity index (χ0n) is 15.1. The minimum absolute atomic E-state index is 0.140. The highest BCUT2D eigenvalue weighted by Crippen LogP contribution is 2.28. The summed E-state index contributed by atoms with van der Waals surface area (Å²) in [5, 5.41) is 3.32. The van der Waals surface area contributed by atoms with Crippen molar-refractivity contribution in [3.05, 3.63) is 53.1 Å². The van der Waals surface area contributed by atoms with Crippen LogP contribution in [0.5, 0.6) is 5.75 Å². The topological polar surface area (TPSA) is 75.7 Å². The van der Waals surface area contributed by atoms with Gasteiger partial charge in [-0.15, -0.1) is 0 Å². The molecule has 3 rings (SSSR count). The molecule has 1 heterocycles. The van der Waals surface area contributed by atoms with Gasteiger partial charge in [0.1, 0.15) is 11.8 Å². The zero-order valence-corrected chi connectivity index (χ0v) is 16.7. The smallest absolute Gasteiger partial charge is 0.243 e. The van der Waals surface area contributed by atoms with E-state index in [9.17, 15) is 13.2 Å². The van der Waals surface area contributed by atoms with E-state index >= 15 is 0 Å².